The molecule has 0 spiro atoms. The molecule has 0 heterocycles. The topological polar surface area (TPSA) is 40.5 Å². The molecular weight excluding hydrogens is 154 g/mol. The highest BCUT2D eigenvalue weighted by atomic mass is 16.4. The maximum Gasteiger partial charge on any atom is 0.333 e. The molecule has 0 amide bonds. The van der Waals surface area contributed by atoms with Crippen LogP contribution in [-0.2, 0) is 4.79 Å². The van der Waals surface area contributed by atoms with Crippen LogP contribution < -0.4 is 0 Å². The molecule has 0 bridgehead atoms. The molecule has 0 unspecified atom stereocenters. The van der Waals surface area contributed by atoms with Crippen LogP contribution in [-0.4, -0.2) is 30.1 Å². The van der Waals surface area contributed by atoms with E-state index in [9.17, 15) is 4.79 Å². The fourth-order valence-corrected chi connectivity index (χ4v) is 0.947. The second-order valence-corrected chi connectivity index (χ2v) is 3.52. The lowest BCUT2D eigenvalue weighted by atomic mass is 10.0. The normalized spacial score (nSPS) is 11.9. The zero-order chi connectivity index (χ0) is 9.72. The quantitative estimate of drug-likeness (QED) is 0.652. The molecule has 0 aliphatic carbocycles. The van der Waals surface area contributed by atoms with Crippen LogP contribution in [0, 0.1) is 5.92 Å². The molecule has 3 heteroatoms. The molecule has 0 aromatic rings. The van der Waals surface area contributed by atoms with Crippen molar-refractivity contribution in [2.75, 3.05) is 14.1 Å². The van der Waals surface area contributed by atoms with Crippen LogP contribution in [0.15, 0.2) is 11.8 Å². The number of carboxylic acid groups (broad SMARTS) is 1. The zero-order valence-corrected chi connectivity index (χ0v) is 8.16. The Morgan fingerprint density at radius 2 is 2.00 bits per heavy atom. The molecule has 0 atom stereocenters. The summed E-state index contributed by atoms with van der Waals surface area (Å²) in [7, 11) is 3.65. The van der Waals surface area contributed by atoms with Crippen molar-refractivity contribution >= 4 is 5.97 Å². The van der Waals surface area contributed by atoms with E-state index >= 15 is 0 Å². The Balaban J connectivity index is 4.34. The van der Waals surface area contributed by atoms with Crippen molar-refractivity contribution in [1.29, 1.82) is 0 Å². The van der Waals surface area contributed by atoms with Gasteiger partial charge in [0.1, 0.15) is 0 Å². The Morgan fingerprint density at radius 3 is 2.25 bits per heavy atom. The lowest BCUT2D eigenvalue weighted by molar-refractivity contribution is -0.133. The van der Waals surface area contributed by atoms with Gasteiger partial charge in [0.05, 0.1) is 5.57 Å². The first-order chi connectivity index (χ1) is 5.43. The number of carbonyl (C=O) groups is 1. The maximum atomic E-state index is 10.7. The smallest absolute Gasteiger partial charge is 0.333 e. The van der Waals surface area contributed by atoms with Crippen molar-refractivity contribution in [3.05, 3.63) is 11.8 Å². The van der Waals surface area contributed by atoms with Gasteiger partial charge in [-0.2, -0.15) is 0 Å². The monoisotopic (exact) mass is 171 g/mol. The highest BCUT2D eigenvalue weighted by Crippen LogP contribution is 2.10. The molecule has 1 N–H and O–H groups in total. The molecule has 70 valence electrons. The van der Waals surface area contributed by atoms with Gasteiger partial charge < -0.3 is 10.0 Å². The van der Waals surface area contributed by atoms with E-state index in [0.29, 0.717) is 17.9 Å². The third-order valence-electron chi connectivity index (χ3n) is 1.32. The van der Waals surface area contributed by atoms with Crippen LogP contribution in [0.4, 0.5) is 0 Å². The average Bonchev–Trinajstić information content (AvgIpc) is 1.83. The van der Waals surface area contributed by atoms with Gasteiger partial charge in [-0.1, -0.05) is 13.8 Å². The Bertz CT molecular complexity index is 183. The molecule has 0 aliphatic heterocycles. The van der Waals surface area contributed by atoms with Crippen molar-refractivity contribution in [2.45, 2.75) is 20.3 Å². The highest BCUT2D eigenvalue weighted by molar-refractivity contribution is 5.86. The Kier molecular flexibility index (Phi) is 4.40. The fraction of sp³-hybridized carbons (Fsp3) is 0.667. The van der Waals surface area contributed by atoms with Crippen molar-refractivity contribution in [3.8, 4) is 0 Å². The molecule has 0 rings (SSSR count). The second-order valence-electron chi connectivity index (χ2n) is 3.52. The van der Waals surface area contributed by atoms with Crippen molar-refractivity contribution < 1.29 is 9.90 Å². The van der Waals surface area contributed by atoms with E-state index in [1.807, 2.05) is 27.9 Å². The highest BCUT2D eigenvalue weighted by Gasteiger charge is 2.09. The summed E-state index contributed by atoms with van der Waals surface area (Å²) in [4.78, 5) is 12.4. The van der Waals surface area contributed by atoms with E-state index in [4.69, 9.17) is 5.11 Å². The van der Waals surface area contributed by atoms with Gasteiger partial charge in [-0.25, -0.2) is 4.79 Å². The van der Waals surface area contributed by atoms with Crippen LogP contribution >= 0.6 is 0 Å². The van der Waals surface area contributed by atoms with Gasteiger partial charge in [0.2, 0.25) is 0 Å². The number of carboxylic acids is 1. The molecule has 0 saturated heterocycles. The van der Waals surface area contributed by atoms with Gasteiger partial charge >= 0.3 is 5.97 Å². The summed E-state index contributed by atoms with van der Waals surface area (Å²) in [5, 5.41) is 8.78. The Labute approximate surface area is 73.7 Å². The third-order valence-corrected chi connectivity index (χ3v) is 1.32. The summed E-state index contributed by atoms with van der Waals surface area (Å²) in [6.07, 6.45) is 2.27. The van der Waals surface area contributed by atoms with E-state index in [0.717, 1.165) is 0 Å². The fourth-order valence-electron chi connectivity index (χ4n) is 0.947. The largest absolute Gasteiger partial charge is 0.478 e. The van der Waals surface area contributed by atoms with E-state index in [1.54, 1.807) is 11.1 Å². The molecule has 0 aliphatic rings. The van der Waals surface area contributed by atoms with E-state index in [2.05, 4.69) is 0 Å². The summed E-state index contributed by atoms with van der Waals surface area (Å²) in [5.74, 6) is -0.440. The SMILES string of the molecule is CC(C)CC(=CN(C)C)C(=O)O. The number of nitrogens with zero attached hydrogens (tertiary/aromatic N) is 1. The summed E-state index contributed by atoms with van der Waals surface area (Å²) in [5.41, 5.74) is 0.468. The summed E-state index contributed by atoms with van der Waals surface area (Å²) < 4.78 is 0. The van der Waals surface area contributed by atoms with Gasteiger partial charge in [0.15, 0.2) is 0 Å². The predicted octanol–water partition coefficient (Wildman–Crippen LogP) is 1.56. The lowest BCUT2D eigenvalue weighted by Crippen LogP contribution is -2.10. The maximum absolute atomic E-state index is 10.7. The number of rotatable bonds is 4. The van der Waals surface area contributed by atoms with Crippen LogP contribution in [0.1, 0.15) is 20.3 Å². The van der Waals surface area contributed by atoms with Gasteiger partial charge in [-0.3, -0.25) is 0 Å². The first-order valence-electron chi connectivity index (χ1n) is 4.04. The molecule has 0 fully saturated rings. The summed E-state index contributed by atoms with van der Waals surface area (Å²) in [6.45, 7) is 4.01. The first-order valence-corrected chi connectivity index (χ1v) is 4.04. The van der Waals surface area contributed by atoms with Crippen LogP contribution in [0.5, 0.6) is 0 Å². The van der Waals surface area contributed by atoms with Gasteiger partial charge in [-0.15, -0.1) is 0 Å². The third kappa shape index (κ3) is 4.77. The minimum absolute atomic E-state index is 0.382. The molecule has 0 aromatic heterocycles. The second kappa shape index (κ2) is 4.80. The van der Waals surface area contributed by atoms with Crippen LogP contribution in [0.25, 0.3) is 0 Å². The molecule has 3 nitrogen and oxygen atoms in total. The Morgan fingerprint density at radius 1 is 1.50 bits per heavy atom. The number of hydrogen-bond acceptors (Lipinski definition) is 2. The Hall–Kier alpha value is -0.990. The minimum Gasteiger partial charge on any atom is -0.478 e. The van der Waals surface area contributed by atoms with Gasteiger partial charge in [0, 0.05) is 20.3 Å². The van der Waals surface area contributed by atoms with Gasteiger partial charge in [-0.05, 0) is 12.3 Å². The van der Waals surface area contributed by atoms with Crippen molar-refractivity contribution in [3.63, 3.8) is 0 Å². The van der Waals surface area contributed by atoms with Crippen molar-refractivity contribution in [1.82, 2.24) is 4.90 Å². The predicted molar refractivity (Wildman–Crippen MR) is 48.9 cm³/mol. The summed E-state index contributed by atoms with van der Waals surface area (Å²) in [6, 6.07) is 0. The zero-order valence-electron chi connectivity index (χ0n) is 8.16. The molecule has 0 aromatic carbocycles. The van der Waals surface area contributed by atoms with Crippen molar-refractivity contribution in [2.24, 2.45) is 5.92 Å². The average molecular weight is 171 g/mol. The first kappa shape index (κ1) is 11.0. The van der Waals surface area contributed by atoms with Crippen LogP contribution in [0.3, 0.4) is 0 Å². The van der Waals surface area contributed by atoms with E-state index < -0.39 is 5.97 Å². The lowest BCUT2D eigenvalue weighted by Gasteiger charge is -2.10. The van der Waals surface area contributed by atoms with Crippen LogP contribution in [0.2, 0.25) is 0 Å². The molecular formula is C9H17NO2. The van der Waals surface area contributed by atoms with E-state index in [1.165, 1.54) is 0 Å². The molecule has 12 heavy (non-hydrogen) atoms. The summed E-state index contributed by atoms with van der Waals surface area (Å²) >= 11 is 0. The molecule has 0 radical (unpaired) electrons. The number of aliphatic carboxylic acids is 1. The molecule has 0 saturated carbocycles. The van der Waals surface area contributed by atoms with E-state index in [-0.39, 0.29) is 0 Å². The van der Waals surface area contributed by atoms with Gasteiger partial charge in [0.25, 0.3) is 0 Å². The minimum atomic E-state index is -0.822. The number of hydrogen-bond donors (Lipinski definition) is 1. The standard InChI is InChI=1S/C9H17NO2/c1-7(2)5-8(9(11)12)6-10(3)4/h6-7H,5H2,1-4H3,(H,11,12).